The summed E-state index contributed by atoms with van der Waals surface area (Å²) in [4.78, 5) is 54.9. The smallest absolute Gasteiger partial charge is 0.416 e. The molecular weight excluding hydrogens is 766 g/mol. The zero-order chi connectivity index (χ0) is 42.6. The molecule has 0 heterocycles. The molecule has 0 radical (unpaired) electrons. The predicted molar refractivity (Wildman–Crippen MR) is 218 cm³/mol. The molecule has 0 aliphatic carbocycles. The molecule has 4 aromatic carbocycles. The molecule has 0 spiro atoms. The summed E-state index contributed by atoms with van der Waals surface area (Å²) in [7, 11) is 1.55. The molecule has 0 saturated heterocycles. The third-order valence-corrected chi connectivity index (χ3v) is 9.46. The van der Waals surface area contributed by atoms with Gasteiger partial charge in [0.15, 0.2) is 0 Å². The fourth-order valence-electron chi connectivity index (χ4n) is 6.11. The SMILES string of the molecule is COc1ccc(CC(=O)N[C@@H](CCCCN)C(=O)N[C@@H](CCCCN)C(=O)N[C@H](C(=O)NCc2ccccc2)c2ccc(OCc3ccc(C(F)(F)F)cc3)cc2)cc1. The van der Waals surface area contributed by atoms with Gasteiger partial charge in [-0.05, 0) is 110 Å². The fourth-order valence-corrected chi connectivity index (χ4v) is 6.11. The first-order chi connectivity index (χ1) is 28.4. The summed E-state index contributed by atoms with van der Waals surface area (Å²) < 4.78 is 50.0. The van der Waals surface area contributed by atoms with E-state index >= 15 is 0 Å². The van der Waals surface area contributed by atoms with Crippen molar-refractivity contribution in [2.75, 3.05) is 20.2 Å². The van der Waals surface area contributed by atoms with E-state index in [2.05, 4.69) is 21.3 Å². The first kappa shape index (κ1) is 45.8. The lowest BCUT2D eigenvalue weighted by Gasteiger charge is -2.26. The van der Waals surface area contributed by atoms with Crippen LogP contribution in [0.5, 0.6) is 11.5 Å². The zero-order valence-electron chi connectivity index (χ0n) is 33.1. The molecule has 4 aromatic rings. The summed E-state index contributed by atoms with van der Waals surface area (Å²) in [5, 5.41) is 11.3. The lowest BCUT2D eigenvalue weighted by Crippen LogP contribution is -2.55. The first-order valence-corrected chi connectivity index (χ1v) is 19.5. The number of methoxy groups -OCH3 is 1. The maximum absolute atomic E-state index is 14.1. The van der Waals surface area contributed by atoms with Gasteiger partial charge in [-0.25, -0.2) is 0 Å². The van der Waals surface area contributed by atoms with E-state index in [1.807, 2.05) is 30.3 Å². The molecule has 0 aromatic heterocycles. The van der Waals surface area contributed by atoms with Crippen molar-refractivity contribution in [1.29, 1.82) is 0 Å². The summed E-state index contributed by atoms with van der Waals surface area (Å²) in [5.74, 6) is -1.05. The number of carbonyl (C=O) groups is 4. The molecule has 8 N–H and O–H groups in total. The van der Waals surface area contributed by atoms with Crippen LogP contribution in [0.3, 0.4) is 0 Å². The average Bonchev–Trinajstić information content (AvgIpc) is 3.24. The molecule has 0 aliphatic rings. The van der Waals surface area contributed by atoms with E-state index in [1.165, 1.54) is 12.1 Å². The number of nitrogens with two attached hydrogens (primary N) is 2. The maximum Gasteiger partial charge on any atom is 0.416 e. The summed E-state index contributed by atoms with van der Waals surface area (Å²) in [6.45, 7) is 0.938. The average molecular weight is 819 g/mol. The highest BCUT2D eigenvalue weighted by Crippen LogP contribution is 2.29. The molecule has 12 nitrogen and oxygen atoms in total. The van der Waals surface area contributed by atoms with E-state index in [4.69, 9.17) is 20.9 Å². The molecule has 4 rings (SSSR count). The number of hydrogen-bond acceptors (Lipinski definition) is 8. The standard InChI is InChI=1S/C44H53F3N6O6/c1-58-35-21-15-30(16-22-35)27-39(54)51-37(11-5-7-25-48)41(55)52-38(12-6-8-26-49)42(56)53-40(43(57)50-28-31-9-3-2-4-10-31)33-17-23-36(24-18-33)59-29-32-13-19-34(20-14-32)44(45,46)47/h2-4,9-10,13-24,37-38,40H,5-8,11-12,25-29,48-49H2,1H3,(H,50,57)(H,51,54)(H,52,55)(H,53,56)/t37-,38-,40-/m0/s1. The van der Waals surface area contributed by atoms with Gasteiger partial charge < -0.3 is 42.2 Å². The highest BCUT2D eigenvalue weighted by atomic mass is 19.4. The second-order valence-corrected chi connectivity index (χ2v) is 14.0. The summed E-state index contributed by atoms with van der Waals surface area (Å²) in [5.41, 5.74) is 13.2. The van der Waals surface area contributed by atoms with Crippen LogP contribution < -0.4 is 42.2 Å². The molecule has 0 bridgehead atoms. The topological polar surface area (TPSA) is 187 Å². The second-order valence-electron chi connectivity index (χ2n) is 14.0. The Labute approximate surface area is 342 Å². The van der Waals surface area contributed by atoms with Gasteiger partial charge in [-0.2, -0.15) is 13.2 Å². The van der Waals surface area contributed by atoms with Crippen molar-refractivity contribution < 1.29 is 41.8 Å². The molecule has 59 heavy (non-hydrogen) atoms. The second kappa shape index (κ2) is 23.5. The number of alkyl halides is 3. The van der Waals surface area contributed by atoms with Crippen molar-refractivity contribution in [3.63, 3.8) is 0 Å². The van der Waals surface area contributed by atoms with Crippen LogP contribution in [0.1, 0.15) is 72.4 Å². The van der Waals surface area contributed by atoms with Crippen molar-refractivity contribution in [1.82, 2.24) is 21.3 Å². The number of ether oxygens (including phenoxy) is 2. The Morgan fingerprint density at radius 1 is 0.627 bits per heavy atom. The van der Waals surface area contributed by atoms with Gasteiger partial charge in [0.25, 0.3) is 0 Å². The number of benzene rings is 4. The Hall–Kier alpha value is -5.93. The molecular formula is C44H53F3N6O6. The number of unbranched alkanes of at least 4 members (excludes halogenated alkanes) is 2. The minimum Gasteiger partial charge on any atom is -0.497 e. The lowest BCUT2D eigenvalue weighted by atomic mass is 10.0. The molecule has 3 atom stereocenters. The third kappa shape index (κ3) is 15.4. The Bertz CT molecular complexity index is 1910. The summed E-state index contributed by atoms with van der Waals surface area (Å²) in [6, 6.07) is 24.0. The Balaban J connectivity index is 1.51. The molecule has 0 fully saturated rings. The minimum absolute atomic E-state index is 0.00542. The summed E-state index contributed by atoms with van der Waals surface area (Å²) >= 11 is 0. The van der Waals surface area contributed by atoms with Gasteiger partial charge in [0.05, 0.1) is 19.1 Å². The number of hydrogen-bond donors (Lipinski definition) is 6. The van der Waals surface area contributed by atoms with E-state index in [0.29, 0.717) is 61.4 Å². The Morgan fingerprint density at radius 3 is 1.76 bits per heavy atom. The zero-order valence-corrected chi connectivity index (χ0v) is 33.1. The first-order valence-electron chi connectivity index (χ1n) is 19.5. The van der Waals surface area contributed by atoms with E-state index in [9.17, 15) is 32.3 Å². The Kier molecular flexibility index (Phi) is 18.2. The minimum atomic E-state index is -4.45. The monoisotopic (exact) mass is 818 g/mol. The van der Waals surface area contributed by atoms with Crippen LogP contribution in [0.15, 0.2) is 103 Å². The van der Waals surface area contributed by atoms with Gasteiger partial charge in [-0.3, -0.25) is 19.2 Å². The lowest BCUT2D eigenvalue weighted by molar-refractivity contribution is -0.137. The molecule has 0 unspecified atom stereocenters. The van der Waals surface area contributed by atoms with Crippen LogP contribution in [0.2, 0.25) is 0 Å². The molecule has 0 aliphatic heterocycles. The number of halogens is 3. The van der Waals surface area contributed by atoms with Crippen LogP contribution in [0, 0.1) is 0 Å². The molecule has 316 valence electrons. The van der Waals surface area contributed by atoms with Crippen LogP contribution >= 0.6 is 0 Å². The fraction of sp³-hybridized carbons (Fsp3) is 0.364. The van der Waals surface area contributed by atoms with Crippen LogP contribution in [0.25, 0.3) is 0 Å². The van der Waals surface area contributed by atoms with Crippen molar-refractivity contribution in [3.8, 4) is 11.5 Å². The normalized spacial score (nSPS) is 12.7. The van der Waals surface area contributed by atoms with Crippen molar-refractivity contribution >= 4 is 23.6 Å². The van der Waals surface area contributed by atoms with Gasteiger partial charge in [0, 0.05) is 6.54 Å². The number of carbonyl (C=O) groups excluding carboxylic acids is 4. The van der Waals surface area contributed by atoms with E-state index in [1.54, 1.807) is 55.6 Å². The van der Waals surface area contributed by atoms with Gasteiger partial charge in [-0.1, -0.05) is 66.7 Å². The van der Waals surface area contributed by atoms with Crippen LogP contribution in [0.4, 0.5) is 13.2 Å². The van der Waals surface area contributed by atoms with Crippen LogP contribution in [-0.2, 0) is 44.9 Å². The summed E-state index contributed by atoms with van der Waals surface area (Å²) in [6.07, 6.45) is -1.70. The number of amides is 4. The van der Waals surface area contributed by atoms with Crippen LogP contribution in [-0.4, -0.2) is 55.9 Å². The molecule has 4 amide bonds. The Morgan fingerprint density at radius 2 is 1.19 bits per heavy atom. The highest BCUT2D eigenvalue weighted by Gasteiger charge is 2.31. The van der Waals surface area contributed by atoms with Crippen molar-refractivity contribution in [3.05, 3.63) is 131 Å². The highest BCUT2D eigenvalue weighted by molar-refractivity contribution is 5.94. The van der Waals surface area contributed by atoms with Gasteiger partial charge >= 0.3 is 6.18 Å². The van der Waals surface area contributed by atoms with Crippen molar-refractivity contribution in [2.45, 2.75) is 82.4 Å². The van der Waals surface area contributed by atoms with Crippen molar-refractivity contribution in [2.24, 2.45) is 11.5 Å². The van der Waals surface area contributed by atoms with Gasteiger partial charge in [0.1, 0.15) is 36.2 Å². The maximum atomic E-state index is 14.1. The van der Waals surface area contributed by atoms with E-state index in [0.717, 1.165) is 23.3 Å². The van der Waals surface area contributed by atoms with Gasteiger partial charge in [0.2, 0.25) is 23.6 Å². The van der Waals surface area contributed by atoms with Gasteiger partial charge in [-0.15, -0.1) is 0 Å². The molecule has 15 heteroatoms. The molecule has 0 saturated carbocycles. The predicted octanol–water partition coefficient (Wildman–Crippen LogP) is 5.24. The van der Waals surface area contributed by atoms with E-state index in [-0.39, 0.29) is 38.3 Å². The van der Waals surface area contributed by atoms with E-state index < -0.39 is 47.6 Å². The largest absolute Gasteiger partial charge is 0.497 e. The quantitative estimate of drug-likeness (QED) is 0.0549. The number of rotatable bonds is 23. The number of nitrogens with one attached hydrogen (secondary N) is 4. The third-order valence-electron chi connectivity index (χ3n) is 9.46.